The minimum absolute atomic E-state index is 0.0214. The molecule has 1 aliphatic carbocycles. The summed E-state index contributed by atoms with van der Waals surface area (Å²) in [6.07, 6.45) is 1.26. The summed E-state index contributed by atoms with van der Waals surface area (Å²) < 4.78 is 82.9. The zero-order valence-corrected chi connectivity index (χ0v) is 24.6. The Morgan fingerprint density at radius 2 is 1.91 bits per heavy atom. The maximum absolute atomic E-state index is 16.0. The van der Waals surface area contributed by atoms with Gasteiger partial charge in [0.25, 0.3) is 5.91 Å². The summed E-state index contributed by atoms with van der Waals surface area (Å²) in [6, 6.07) is 5.64. The lowest BCUT2D eigenvalue weighted by atomic mass is 9.88. The number of aromatic nitrogens is 3. The van der Waals surface area contributed by atoms with Crippen LogP contribution in [0.1, 0.15) is 54.9 Å². The van der Waals surface area contributed by atoms with Gasteiger partial charge in [0.05, 0.1) is 31.0 Å². The van der Waals surface area contributed by atoms with Crippen molar-refractivity contribution in [3.05, 3.63) is 70.0 Å². The van der Waals surface area contributed by atoms with Gasteiger partial charge in [-0.15, -0.1) is 0 Å². The van der Waals surface area contributed by atoms with Crippen LogP contribution < -0.4 is 14.8 Å². The molecule has 2 N–H and O–H groups in total. The standard InChI is InChI=1S/C30H28ClF5N4O4/c1-4-15-10-23(38-25(26(15)44-5-2)18-11-19(31)21(33)12-20(18)32)30(42,29(36)6-7-29)14-37-27(41)16-8-17-13-40(28(34)35)39-24(17)22(9-16)43-3/h8-13,28,42H,4-7,14H2,1-3H3,(H,37,41)/t30-/m0/s1. The first-order valence-corrected chi connectivity index (χ1v) is 14.1. The largest absolute Gasteiger partial charge is 0.494 e. The molecular weight excluding hydrogens is 611 g/mol. The number of nitrogens with zero attached hydrogens (tertiary/aromatic N) is 3. The molecule has 1 aliphatic rings. The number of hydrogen-bond donors (Lipinski definition) is 2. The Kier molecular flexibility index (Phi) is 8.47. The number of halogens is 6. The molecule has 0 saturated heterocycles. The number of pyridine rings is 1. The molecule has 1 amide bonds. The summed E-state index contributed by atoms with van der Waals surface area (Å²) >= 11 is 5.95. The summed E-state index contributed by atoms with van der Waals surface area (Å²) in [6.45, 7) is 0.0484. The molecule has 0 spiro atoms. The Balaban J connectivity index is 1.56. The first-order valence-electron chi connectivity index (χ1n) is 13.7. The molecule has 0 bridgehead atoms. The molecule has 2 aromatic heterocycles. The van der Waals surface area contributed by atoms with Crippen LogP contribution in [0.3, 0.4) is 0 Å². The number of methoxy groups -OCH3 is 1. The fourth-order valence-corrected chi connectivity index (χ4v) is 5.24. The van der Waals surface area contributed by atoms with E-state index in [1.807, 2.05) is 0 Å². The fraction of sp³-hybridized carbons (Fsp3) is 0.367. The summed E-state index contributed by atoms with van der Waals surface area (Å²) in [5, 5.41) is 18.0. The Hall–Kier alpha value is -3.97. The van der Waals surface area contributed by atoms with E-state index in [0.29, 0.717) is 22.7 Å². The van der Waals surface area contributed by atoms with E-state index in [0.717, 1.165) is 12.3 Å². The Morgan fingerprint density at radius 1 is 1.18 bits per heavy atom. The molecule has 1 saturated carbocycles. The second-order valence-corrected chi connectivity index (χ2v) is 10.8. The van der Waals surface area contributed by atoms with Gasteiger partial charge in [0.15, 0.2) is 5.60 Å². The quantitative estimate of drug-likeness (QED) is 0.144. The van der Waals surface area contributed by atoms with E-state index in [1.165, 1.54) is 25.3 Å². The van der Waals surface area contributed by atoms with E-state index in [4.69, 9.17) is 21.1 Å². The molecule has 14 heteroatoms. The van der Waals surface area contributed by atoms with Crippen LogP contribution in [0.25, 0.3) is 22.2 Å². The zero-order valence-electron chi connectivity index (χ0n) is 23.9. The van der Waals surface area contributed by atoms with Crippen LogP contribution in [-0.2, 0) is 12.0 Å². The van der Waals surface area contributed by atoms with Crippen LogP contribution in [0.2, 0.25) is 5.02 Å². The fourth-order valence-electron chi connectivity index (χ4n) is 5.07. The van der Waals surface area contributed by atoms with Crippen LogP contribution in [0.4, 0.5) is 22.0 Å². The van der Waals surface area contributed by atoms with E-state index in [9.17, 15) is 23.1 Å². The highest BCUT2D eigenvalue weighted by Crippen LogP contribution is 2.54. The third-order valence-electron chi connectivity index (χ3n) is 7.62. The Labute approximate surface area is 253 Å². The van der Waals surface area contributed by atoms with Crippen molar-refractivity contribution in [1.29, 1.82) is 0 Å². The van der Waals surface area contributed by atoms with Crippen LogP contribution in [0.5, 0.6) is 11.5 Å². The number of rotatable bonds is 11. The minimum Gasteiger partial charge on any atom is -0.494 e. The number of amides is 1. The predicted molar refractivity (Wildman–Crippen MR) is 152 cm³/mol. The summed E-state index contributed by atoms with van der Waals surface area (Å²) in [5.41, 5.74) is -4.61. The molecular formula is C30H28ClF5N4O4. The van der Waals surface area contributed by atoms with E-state index >= 15 is 8.78 Å². The van der Waals surface area contributed by atoms with E-state index in [-0.39, 0.29) is 69.4 Å². The first kappa shape index (κ1) is 31.5. The normalized spacial score (nSPS) is 15.3. The number of nitrogens with one attached hydrogen (secondary N) is 1. The number of fused-ring (bicyclic) bond motifs is 1. The SMILES string of the molecule is CCOc1c(CC)cc([C@@](O)(CNC(=O)c2cc(OC)c3nn(C(F)F)cc3c2)C2(F)CC2)nc1-c1cc(Cl)c(F)cc1F. The van der Waals surface area contributed by atoms with Gasteiger partial charge >= 0.3 is 6.55 Å². The predicted octanol–water partition coefficient (Wildman–Crippen LogP) is 6.51. The number of aliphatic hydroxyl groups is 1. The third-order valence-corrected chi connectivity index (χ3v) is 7.91. The lowest BCUT2D eigenvalue weighted by molar-refractivity contribution is -0.0566. The average molecular weight is 639 g/mol. The van der Waals surface area contributed by atoms with Crippen LogP contribution in [0.15, 0.2) is 36.5 Å². The number of hydrogen-bond acceptors (Lipinski definition) is 6. The average Bonchev–Trinajstić information content (AvgIpc) is 3.61. The van der Waals surface area contributed by atoms with Gasteiger partial charge in [-0.3, -0.25) is 4.79 Å². The summed E-state index contributed by atoms with van der Waals surface area (Å²) in [5.74, 6) is -2.56. The number of ether oxygens (including phenoxy) is 2. The number of alkyl halides is 3. The lowest BCUT2D eigenvalue weighted by Crippen LogP contribution is -2.49. The topological polar surface area (TPSA) is 98.5 Å². The van der Waals surface area contributed by atoms with Crippen molar-refractivity contribution in [2.75, 3.05) is 20.3 Å². The zero-order chi connectivity index (χ0) is 32.0. The molecule has 4 aromatic rings. The second kappa shape index (κ2) is 11.8. The minimum atomic E-state index is -2.92. The molecule has 0 radical (unpaired) electrons. The van der Waals surface area contributed by atoms with Crippen molar-refractivity contribution in [2.45, 2.75) is 50.9 Å². The summed E-state index contributed by atoms with van der Waals surface area (Å²) in [7, 11) is 1.29. The maximum Gasteiger partial charge on any atom is 0.333 e. The summed E-state index contributed by atoms with van der Waals surface area (Å²) in [4.78, 5) is 17.7. The van der Waals surface area contributed by atoms with Crippen molar-refractivity contribution in [2.24, 2.45) is 0 Å². The van der Waals surface area contributed by atoms with Gasteiger partial charge in [0, 0.05) is 28.8 Å². The molecule has 5 rings (SSSR count). The van der Waals surface area contributed by atoms with Crippen molar-refractivity contribution >= 4 is 28.4 Å². The maximum atomic E-state index is 16.0. The van der Waals surface area contributed by atoms with Crippen LogP contribution in [-0.4, -0.2) is 51.7 Å². The Bertz CT molecular complexity index is 1750. The molecule has 8 nitrogen and oxygen atoms in total. The van der Waals surface area contributed by atoms with Crippen molar-refractivity contribution in [3.8, 4) is 22.8 Å². The highest BCUT2D eigenvalue weighted by atomic mass is 35.5. The molecule has 1 atom stereocenters. The number of aryl methyl sites for hydroxylation is 1. The highest BCUT2D eigenvalue weighted by molar-refractivity contribution is 6.31. The molecule has 1 fully saturated rings. The van der Waals surface area contributed by atoms with Crippen molar-refractivity contribution in [1.82, 2.24) is 20.1 Å². The number of carbonyl (C=O) groups is 1. The van der Waals surface area contributed by atoms with Gasteiger partial charge < -0.3 is 19.9 Å². The smallest absolute Gasteiger partial charge is 0.333 e. The molecule has 234 valence electrons. The van der Waals surface area contributed by atoms with Crippen molar-refractivity contribution in [3.63, 3.8) is 0 Å². The molecule has 0 aliphatic heterocycles. The number of carbonyl (C=O) groups excluding carboxylic acids is 1. The van der Waals surface area contributed by atoms with Gasteiger partial charge in [-0.1, -0.05) is 18.5 Å². The van der Waals surface area contributed by atoms with E-state index in [2.05, 4.69) is 15.4 Å². The third kappa shape index (κ3) is 5.54. The number of benzene rings is 2. The van der Waals surface area contributed by atoms with E-state index in [1.54, 1.807) is 13.8 Å². The van der Waals surface area contributed by atoms with Gasteiger partial charge in [0.1, 0.15) is 40.0 Å². The van der Waals surface area contributed by atoms with Gasteiger partial charge in [-0.25, -0.2) is 22.8 Å². The monoisotopic (exact) mass is 638 g/mol. The molecule has 44 heavy (non-hydrogen) atoms. The molecule has 2 aromatic carbocycles. The lowest BCUT2D eigenvalue weighted by Gasteiger charge is -2.33. The molecule has 2 heterocycles. The second-order valence-electron chi connectivity index (χ2n) is 10.4. The van der Waals surface area contributed by atoms with Gasteiger partial charge in [0.2, 0.25) is 0 Å². The highest BCUT2D eigenvalue weighted by Gasteiger charge is 2.62. The first-order chi connectivity index (χ1) is 20.8. The van der Waals surface area contributed by atoms with Crippen LogP contribution in [0, 0.1) is 11.6 Å². The van der Waals surface area contributed by atoms with E-state index < -0.39 is 41.9 Å². The van der Waals surface area contributed by atoms with Gasteiger partial charge in [-0.2, -0.15) is 13.9 Å². The Morgan fingerprint density at radius 3 is 2.52 bits per heavy atom. The molecule has 0 unspecified atom stereocenters. The van der Waals surface area contributed by atoms with Crippen LogP contribution >= 0.6 is 11.6 Å². The van der Waals surface area contributed by atoms with Gasteiger partial charge in [-0.05, 0) is 56.0 Å². The van der Waals surface area contributed by atoms with Crippen molar-refractivity contribution < 1.29 is 41.3 Å².